The first kappa shape index (κ1) is 23.8. The van der Waals surface area contributed by atoms with Crippen LogP contribution in [0.3, 0.4) is 0 Å². The Hall–Kier alpha value is -2.24. The van der Waals surface area contributed by atoms with Crippen molar-refractivity contribution in [2.75, 3.05) is 6.54 Å². The van der Waals surface area contributed by atoms with Crippen LogP contribution in [0.2, 0.25) is 0 Å². The number of aliphatic hydroxyl groups is 1. The summed E-state index contributed by atoms with van der Waals surface area (Å²) in [6.07, 6.45) is -0.181. The normalized spacial score (nSPS) is 15.4. The molecule has 0 aromatic carbocycles. The minimum absolute atomic E-state index is 0.174. The molecule has 0 aromatic heterocycles. The second kappa shape index (κ2) is 12.2. The van der Waals surface area contributed by atoms with Gasteiger partial charge in [-0.25, -0.2) is 4.79 Å². The van der Waals surface area contributed by atoms with Crippen LogP contribution >= 0.6 is 0 Å². The molecule has 3 amide bonds. The summed E-state index contributed by atoms with van der Waals surface area (Å²) in [5, 5.41) is 23.2. The second-order valence-electron chi connectivity index (χ2n) is 6.02. The van der Waals surface area contributed by atoms with E-state index >= 15 is 0 Å². The molecule has 0 saturated heterocycles. The molecule has 0 spiro atoms. The maximum atomic E-state index is 12.4. The third-order valence-corrected chi connectivity index (χ3v) is 3.70. The van der Waals surface area contributed by atoms with Crippen molar-refractivity contribution in [3.63, 3.8) is 0 Å². The fourth-order valence-corrected chi connectivity index (χ4v) is 2.06. The smallest absolute Gasteiger partial charge is 0.326 e. The maximum absolute atomic E-state index is 12.4. The zero-order valence-electron chi connectivity index (χ0n) is 14.8. The summed E-state index contributed by atoms with van der Waals surface area (Å²) in [7, 11) is 0. The number of aliphatic carboxylic acids is 1. The first-order chi connectivity index (χ1) is 12.1. The SMILES string of the molecule is C[C@@H](O)[C@H](N)C(=O)N[C@@H](CCCCN)C(=O)N[C@@H](CCC(N)=O)C(=O)O. The van der Waals surface area contributed by atoms with Crippen molar-refractivity contribution >= 4 is 23.7 Å². The first-order valence-corrected chi connectivity index (χ1v) is 8.35. The predicted molar refractivity (Wildman–Crippen MR) is 92.5 cm³/mol. The molecule has 150 valence electrons. The van der Waals surface area contributed by atoms with Crippen LogP contribution in [0.25, 0.3) is 0 Å². The standard InChI is InChI=1S/C15H29N5O6/c1-8(21)12(18)14(24)19-9(4-2-3-7-16)13(23)20-10(15(25)26)5-6-11(17)22/h8-10,12,21H,2-7,16,18H2,1H3,(H2,17,22)(H,19,24)(H,20,23)(H,25,26)/t8-,9+,10+,12+/m1/s1. The molecule has 0 radical (unpaired) electrons. The summed E-state index contributed by atoms with van der Waals surface area (Å²) < 4.78 is 0. The van der Waals surface area contributed by atoms with E-state index in [2.05, 4.69) is 10.6 Å². The fourth-order valence-electron chi connectivity index (χ4n) is 2.06. The summed E-state index contributed by atoms with van der Waals surface area (Å²) in [4.78, 5) is 46.4. The van der Waals surface area contributed by atoms with Crippen molar-refractivity contribution in [2.45, 2.75) is 63.3 Å². The van der Waals surface area contributed by atoms with Crippen LogP contribution in [-0.2, 0) is 19.2 Å². The minimum atomic E-state index is -1.33. The van der Waals surface area contributed by atoms with Gasteiger partial charge in [0.05, 0.1) is 6.10 Å². The van der Waals surface area contributed by atoms with E-state index in [9.17, 15) is 24.3 Å². The zero-order valence-corrected chi connectivity index (χ0v) is 14.8. The molecule has 0 aromatic rings. The summed E-state index contributed by atoms with van der Waals surface area (Å²) in [6, 6.07) is -3.60. The Morgan fingerprint density at radius 2 is 1.58 bits per heavy atom. The number of aliphatic hydroxyl groups excluding tert-OH is 1. The van der Waals surface area contributed by atoms with E-state index in [4.69, 9.17) is 22.3 Å². The minimum Gasteiger partial charge on any atom is -0.480 e. The largest absolute Gasteiger partial charge is 0.480 e. The highest BCUT2D eigenvalue weighted by atomic mass is 16.4. The molecule has 0 aliphatic heterocycles. The molecule has 0 unspecified atom stereocenters. The van der Waals surface area contributed by atoms with Crippen molar-refractivity contribution < 1.29 is 29.4 Å². The maximum Gasteiger partial charge on any atom is 0.326 e. The van der Waals surface area contributed by atoms with Crippen LogP contribution < -0.4 is 27.8 Å². The fraction of sp³-hybridized carbons (Fsp3) is 0.733. The molecule has 0 saturated carbocycles. The van der Waals surface area contributed by atoms with Crippen molar-refractivity contribution in [2.24, 2.45) is 17.2 Å². The lowest BCUT2D eigenvalue weighted by Gasteiger charge is -2.23. The summed E-state index contributed by atoms with van der Waals surface area (Å²) in [5.74, 6) is -3.49. The van der Waals surface area contributed by atoms with E-state index in [1.54, 1.807) is 0 Å². The van der Waals surface area contributed by atoms with E-state index in [-0.39, 0.29) is 19.3 Å². The number of hydrogen-bond donors (Lipinski definition) is 7. The lowest BCUT2D eigenvalue weighted by molar-refractivity contribution is -0.142. The number of nitrogens with two attached hydrogens (primary N) is 3. The molecule has 0 aliphatic carbocycles. The van der Waals surface area contributed by atoms with Gasteiger partial charge in [-0.2, -0.15) is 0 Å². The van der Waals surface area contributed by atoms with E-state index in [1.165, 1.54) is 6.92 Å². The molecule has 0 heterocycles. The van der Waals surface area contributed by atoms with Gasteiger partial charge in [0.15, 0.2) is 0 Å². The molecule has 0 bridgehead atoms. The number of nitrogens with one attached hydrogen (secondary N) is 2. The van der Waals surface area contributed by atoms with Crippen LogP contribution in [0.5, 0.6) is 0 Å². The quantitative estimate of drug-likeness (QED) is 0.166. The highest BCUT2D eigenvalue weighted by Crippen LogP contribution is 2.05. The highest BCUT2D eigenvalue weighted by molar-refractivity contribution is 5.92. The number of primary amides is 1. The Labute approximate surface area is 151 Å². The van der Waals surface area contributed by atoms with Crippen LogP contribution in [0.15, 0.2) is 0 Å². The molecular formula is C15H29N5O6. The molecule has 26 heavy (non-hydrogen) atoms. The predicted octanol–water partition coefficient (Wildman–Crippen LogP) is -2.86. The van der Waals surface area contributed by atoms with Gasteiger partial charge < -0.3 is 38.0 Å². The van der Waals surface area contributed by atoms with Gasteiger partial charge in [0.1, 0.15) is 18.1 Å². The Bertz CT molecular complexity index is 499. The lowest BCUT2D eigenvalue weighted by atomic mass is 10.1. The average Bonchev–Trinajstić information content (AvgIpc) is 2.56. The van der Waals surface area contributed by atoms with Gasteiger partial charge in [0.25, 0.3) is 0 Å². The lowest BCUT2D eigenvalue weighted by Crippen LogP contribution is -2.56. The van der Waals surface area contributed by atoms with Crippen LogP contribution in [-0.4, -0.2) is 64.7 Å². The molecule has 0 fully saturated rings. The molecule has 10 N–H and O–H groups in total. The number of carbonyl (C=O) groups is 4. The van der Waals surface area contributed by atoms with Gasteiger partial charge in [-0.15, -0.1) is 0 Å². The number of carboxylic acids is 1. The van der Waals surface area contributed by atoms with Crippen LogP contribution in [0, 0.1) is 0 Å². The third-order valence-electron chi connectivity index (χ3n) is 3.70. The number of unbranched alkanes of at least 4 members (excludes halogenated alkanes) is 1. The van der Waals surface area contributed by atoms with E-state index < -0.39 is 47.9 Å². The summed E-state index contributed by atoms with van der Waals surface area (Å²) >= 11 is 0. The van der Waals surface area contributed by atoms with Crippen molar-refractivity contribution in [1.82, 2.24) is 10.6 Å². The van der Waals surface area contributed by atoms with Gasteiger partial charge in [-0.05, 0) is 39.2 Å². The zero-order chi connectivity index (χ0) is 20.3. The Kier molecular flexibility index (Phi) is 11.1. The van der Waals surface area contributed by atoms with E-state index in [0.717, 1.165) is 0 Å². The number of carbonyl (C=O) groups excluding carboxylic acids is 3. The molecule has 11 nitrogen and oxygen atoms in total. The van der Waals surface area contributed by atoms with Crippen molar-refractivity contribution in [3.05, 3.63) is 0 Å². The van der Waals surface area contributed by atoms with Gasteiger partial charge in [0.2, 0.25) is 17.7 Å². The Balaban J connectivity index is 5.02. The average molecular weight is 375 g/mol. The van der Waals surface area contributed by atoms with Crippen LogP contribution in [0.4, 0.5) is 0 Å². The van der Waals surface area contributed by atoms with Crippen molar-refractivity contribution in [1.29, 1.82) is 0 Å². The molecule has 4 atom stereocenters. The molecule has 0 aliphatic rings. The number of carboxylic acid groups (broad SMARTS) is 1. The Morgan fingerprint density at radius 3 is 2.04 bits per heavy atom. The number of rotatable bonds is 13. The molecular weight excluding hydrogens is 346 g/mol. The number of amides is 3. The van der Waals surface area contributed by atoms with Crippen LogP contribution in [0.1, 0.15) is 39.0 Å². The Morgan fingerprint density at radius 1 is 1.00 bits per heavy atom. The topological polar surface area (TPSA) is 211 Å². The molecule has 0 rings (SSSR count). The van der Waals surface area contributed by atoms with Gasteiger partial charge in [-0.1, -0.05) is 0 Å². The van der Waals surface area contributed by atoms with Crippen molar-refractivity contribution in [3.8, 4) is 0 Å². The van der Waals surface area contributed by atoms with E-state index in [1.807, 2.05) is 0 Å². The second-order valence-corrected chi connectivity index (χ2v) is 6.02. The summed E-state index contributed by atoms with van der Waals surface area (Å²) in [6.45, 7) is 1.73. The molecule has 11 heteroatoms. The van der Waals surface area contributed by atoms with E-state index in [0.29, 0.717) is 19.4 Å². The monoisotopic (exact) mass is 375 g/mol. The summed E-state index contributed by atoms with van der Waals surface area (Å²) in [5.41, 5.74) is 15.9. The third kappa shape index (κ3) is 9.30. The van der Waals surface area contributed by atoms with Gasteiger partial charge in [0, 0.05) is 6.42 Å². The van der Waals surface area contributed by atoms with Gasteiger partial charge >= 0.3 is 5.97 Å². The highest BCUT2D eigenvalue weighted by Gasteiger charge is 2.28. The number of hydrogen-bond acceptors (Lipinski definition) is 7. The van der Waals surface area contributed by atoms with Gasteiger partial charge in [-0.3, -0.25) is 14.4 Å². The first-order valence-electron chi connectivity index (χ1n) is 8.35.